The van der Waals surface area contributed by atoms with Gasteiger partial charge < -0.3 is 14.8 Å². The molecule has 0 unspecified atom stereocenters. The molecule has 0 spiro atoms. The minimum Gasteiger partial charge on any atom is -0.465 e. The number of hydrogen-bond acceptors (Lipinski definition) is 5. The number of ether oxygens (including phenoxy) is 2. The summed E-state index contributed by atoms with van der Waals surface area (Å²) in [6.45, 7) is 0.446. The molecule has 0 radical (unpaired) electrons. The Morgan fingerprint density at radius 3 is 2.73 bits per heavy atom. The monoisotopic (exact) mass is 373 g/mol. The maximum Gasteiger partial charge on any atom is 0.341 e. The van der Waals surface area contributed by atoms with Crippen LogP contribution in [0.2, 0.25) is 0 Å². The number of carbonyl (C=O) groups excluding carboxylic acids is 2. The van der Waals surface area contributed by atoms with Crippen LogP contribution in [0.25, 0.3) is 0 Å². The van der Waals surface area contributed by atoms with E-state index in [2.05, 4.69) is 5.32 Å². The molecule has 138 valence electrons. The molecule has 0 bridgehead atoms. The first-order chi connectivity index (χ1) is 12.6. The third-order valence-electron chi connectivity index (χ3n) is 4.54. The first-order valence-corrected chi connectivity index (χ1v) is 9.57. The van der Waals surface area contributed by atoms with Crippen molar-refractivity contribution < 1.29 is 19.1 Å². The highest BCUT2D eigenvalue weighted by Gasteiger charge is 2.26. The number of fused-ring (bicyclic) bond motifs is 1. The predicted octanol–water partition coefficient (Wildman–Crippen LogP) is 4.20. The van der Waals surface area contributed by atoms with Crippen molar-refractivity contribution in [2.24, 2.45) is 0 Å². The Balaban J connectivity index is 1.90. The van der Waals surface area contributed by atoms with E-state index in [-0.39, 0.29) is 11.9 Å². The molecule has 0 fully saturated rings. The number of methoxy groups -OCH3 is 2. The van der Waals surface area contributed by atoms with Crippen molar-refractivity contribution in [2.45, 2.75) is 38.7 Å². The average molecular weight is 373 g/mol. The van der Waals surface area contributed by atoms with Gasteiger partial charge in [-0.2, -0.15) is 0 Å². The second-order valence-corrected chi connectivity index (χ2v) is 7.45. The van der Waals surface area contributed by atoms with Gasteiger partial charge in [0.25, 0.3) is 5.91 Å². The summed E-state index contributed by atoms with van der Waals surface area (Å²) in [5.41, 5.74) is 3.04. The number of amides is 1. The molecular formula is C20H23NO4S. The minimum atomic E-state index is -0.382. The molecule has 0 atom stereocenters. The van der Waals surface area contributed by atoms with Crippen molar-refractivity contribution in [3.8, 4) is 0 Å². The lowest BCUT2D eigenvalue weighted by Crippen LogP contribution is -2.15. The first-order valence-electron chi connectivity index (χ1n) is 8.76. The molecule has 1 aliphatic rings. The zero-order valence-corrected chi connectivity index (χ0v) is 15.9. The SMILES string of the molecule is COCc1cccc(C(=O)Nc2sc3c(c2C(=O)OC)CCCCC3)c1. The quantitative estimate of drug-likeness (QED) is 0.630. The minimum absolute atomic E-state index is 0.232. The van der Waals surface area contributed by atoms with Gasteiger partial charge in [-0.25, -0.2) is 4.79 Å². The summed E-state index contributed by atoms with van der Waals surface area (Å²) < 4.78 is 10.1. The van der Waals surface area contributed by atoms with Crippen LogP contribution in [0.4, 0.5) is 5.00 Å². The molecule has 0 saturated carbocycles. The highest BCUT2D eigenvalue weighted by Crippen LogP contribution is 2.38. The molecule has 1 aromatic heterocycles. The van der Waals surface area contributed by atoms with E-state index in [1.807, 2.05) is 12.1 Å². The molecule has 1 aromatic carbocycles. The van der Waals surface area contributed by atoms with Crippen molar-refractivity contribution in [1.29, 1.82) is 0 Å². The molecule has 1 amide bonds. The lowest BCUT2D eigenvalue weighted by atomic mass is 10.1. The Kier molecular flexibility index (Phi) is 6.06. The largest absolute Gasteiger partial charge is 0.465 e. The summed E-state index contributed by atoms with van der Waals surface area (Å²) in [6.07, 6.45) is 5.13. The van der Waals surface area contributed by atoms with E-state index < -0.39 is 0 Å². The van der Waals surface area contributed by atoms with E-state index in [1.165, 1.54) is 23.3 Å². The summed E-state index contributed by atoms with van der Waals surface area (Å²) in [7, 11) is 3.00. The Morgan fingerprint density at radius 2 is 1.96 bits per heavy atom. The Labute approximate surface area is 157 Å². The number of anilines is 1. The number of aryl methyl sites for hydroxylation is 1. The number of benzene rings is 1. The zero-order valence-electron chi connectivity index (χ0n) is 15.1. The fourth-order valence-corrected chi connectivity index (χ4v) is 4.57. The standard InChI is InChI=1S/C20H23NO4S/c1-24-12-13-7-6-8-14(11-13)18(22)21-19-17(20(23)25-2)15-9-4-3-5-10-16(15)26-19/h6-8,11H,3-5,9-10,12H2,1-2H3,(H,21,22). The molecule has 0 aliphatic heterocycles. The van der Waals surface area contributed by atoms with Gasteiger partial charge in [-0.1, -0.05) is 18.6 Å². The van der Waals surface area contributed by atoms with Crippen LogP contribution in [0.15, 0.2) is 24.3 Å². The lowest BCUT2D eigenvalue weighted by molar-refractivity contribution is 0.0601. The molecule has 6 heteroatoms. The highest BCUT2D eigenvalue weighted by atomic mass is 32.1. The van der Waals surface area contributed by atoms with Crippen LogP contribution >= 0.6 is 11.3 Å². The van der Waals surface area contributed by atoms with Crippen LogP contribution in [0.1, 0.15) is 56.0 Å². The van der Waals surface area contributed by atoms with Crippen molar-refractivity contribution in [3.63, 3.8) is 0 Å². The molecule has 0 saturated heterocycles. The molecule has 1 N–H and O–H groups in total. The van der Waals surface area contributed by atoms with Gasteiger partial charge in [-0.3, -0.25) is 4.79 Å². The van der Waals surface area contributed by atoms with Gasteiger partial charge in [0.2, 0.25) is 0 Å². The van der Waals surface area contributed by atoms with E-state index in [1.54, 1.807) is 19.2 Å². The second kappa shape index (κ2) is 8.47. The van der Waals surface area contributed by atoms with Gasteiger partial charge in [0.1, 0.15) is 5.00 Å². The molecule has 5 nitrogen and oxygen atoms in total. The van der Waals surface area contributed by atoms with Gasteiger partial charge >= 0.3 is 5.97 Å². The van der Waals surface area contributed by atoms with Crippen LogP contribution in [0.5, 0.6) is 0 Å². The van der Waals surface area contributed by atoms with E-state index in [9.17, 15) is 9.59 Å². The van der Waals surface area contributed by atoms with Gasteiger partial charge in [0, 0.05) is 17.6 Å². The van der Waals surface area contributed by atoms with Gasteiger partial charge in [-0.05, 0) is 48.9 Å². The van der Waals surface area contributed by atoms with Crippen LogP contribution in [-0.2, 0) is 28.9 Å². The van der Waals surface area contributed by atoms with Crippen LogP contribution < -0.4 is 5.32 Å². The number of carbonyl (C=O) groups is 2. The molecule has 3 rings (SSSR count). The number of hydrogen-bond donors (Lipinski definition) is 1. The average Bonchev–Trinajstić information content (AvgIpc) is 2.82. The summed E-state index contributed by atoms with van der Waals surface area (Å²) >= 11 is 1.50. The van der Waals surface area contributed by atoms with Crippen LogP contribution in [0.3, 0.4) is 0 Å². The maximum atomic E-state index is 12.7. The van der Waals surface area contributed by atoms with E-state index in [0.29, 0.717) is 22.7 Å². The second-order valence-electron chi connectivity index (χ2n) is 6.35. The Morgan fingerprint density at radius 1 is 1.15 bits per heavy atom. The lowest BCUT2D eigenvalue weighted by Gasteiger charge is -2.08. The fourth-order valence-electron chi connectivity index (χ4n) is 3.29. The maximum absolute atomic E-state index is 12.7. The third-order valence-corrected chi connectivity index (χ3v) is 5.75. The third kappa shape index (κ3) is 3.97. The van der Waals surface area contributed by atoms with E-state index in [0.717, 1.165) is 43.2 Å². The molecule has 1 aliphatic carbocycles. The van der Waals surface area contributed by atoms with Crippen molar-refractivity contribution in [2.75, 3.05) is 19.5 Å². The zero-order chi connectivity index (χ0) is 18.5. The van der Waals surface area contributed by atoms with Crippen molar-refractivity contribution in [1.82, 2.24) is 0 Å². The number of thiophene rings is 1. The topological polar surface area (TPSA) is 64.6 Å². The predicted molar refractivity (Wildman–Crippen MR) is 102 cm³/mol. The number of rotatable bonds is 5. The fraction of sp³-hybridized carbons (Fsp3) is 0.400. The number of esters is 1. The van der Waals surface area contributed by atoms with Gasteiger partial charge in [0.15, 0.2) is 0 Å². The van der Waals surface area contributed by atoms with Crippen molar-refractivity contribution >= 4 is 28.2 Å². The Hall–Kier alpha value is -2.18. The van der Waals surface area contributed by atoms with E-state index in [4.69, 9.17) is 9.47 Å². The summed E-state index contributed by atoms with van der Waals surface area (Å²) in [6, 6.07) is 7.29. The molecule has 1 heterocycles. The molecular weight excluding hydrogens is 350 g/mol. The van der Waals surface area contributed by atoms with Gasteiger partial charge in [0.05, 0.1) is 19.3 Å². The number of nitrogens with one attached hydrogen (secondary N) is 1. The molecule has 26 heavy (non-hydrogen) atoms. The molecule has 2 aromatic rings. The smallest absolute Gasteiger partial charge is 0.341 e. The summed E-state index contributed by atoms with van der Waals surface area (Å²) in [4.78, 5) is 26.3. The summed E-state index contributed by atoms with van der Waals surface area (Å²) in [5, 5.41) is 3.52. The van der Waals surface area contributed by atoms with Crippen LogP contribution in [-0.4, -0.2) is 26.1 Å². The summed E-state index contributed by atoms with van der Waals surface area (Å²) in [5.74, 6) is -0.614. The highest BCUT2D eigenvalue weighted by molar-refractivity contribution is 7.17. The van der Waals surface area contributed by atoms with Crippen molar-refractivity contribution in [3.05, 3.63) is 51.4 Å². The Bertz CT molecular complexity index is 812. The van der Waals surface area contributed by atoms with E-state index >= 15 is 0 Å². The van der Waals surface area contributed by atoms with Crippen LogP contribution in [0, 0.1) is 0 Å². The van der Waals surface area contributed by atoms with Gasteiger partial charge in [-0.15, -0.1) is 11.3 Å². The first kappa shape index (κ1) is 18.6. The normalized spacial score (nSPS) is 13.6.